The number of ether oxygens (including phenoxy) is 1. The summed E-state index contributed by atoms with van der Waals surface area (Å²) < 4.78 is 5.95. The average Bonchev–Trinajstić information content (AvgIpc) is 2.26. The van der Waals surface area contributed by atoms with Crippen molar-refractivity contribution in [3.05, 3.63) is 34.3 Å². The van der Waals surface area contributed by atoms with Crippen LogP contribution in [0, 0.1) is 11.3 Å². The molecule has 0 aliphatic rings. The zero-order chi connectivity index (χ0) is 12.0. The zero-order valence-electron chi connectivity index (χ0n) is 8.81. The molecule has 0 spiro atoms. The lowest BCUT2D eigenvalue weighted by Gasteiger charge is -2.13. The zero-order valence-corrected chi connectivity index (χ0v) is 10.4. The van der Waals surface area contributed by atoms with E-state index in [9.17, 15) is 4.79 Å². The monoisotopic (exact) mass is 282 g/mol. The van der Waals surface area contributed by atoms with E-state index in [-0.39, 0.29) is 13.2 Å². The Balaban J connectivity index is 2.46. The number of hydrogen-bond acceptors (Lipinski definition) is 3. The van der Waals surface area contributed by atoms with Gasteiger partial charge in [-0.05, 0) is 17.7 Å². The second-order valence-electron chi connectivity index (χ2n) is 3.20. The normalized spacial score (nSPS) is 9.31. The van der Waals surface area contributed by atoms with Crippen LogP contribution in [0.15, 0.2) is 28.7 Å². The van der Waals surface area contributed by atoms with Crippen molar-refractivity contribution in [1.29, 1.82) is 5.26 Å². The number of carbonyl (C=O) groups is 1. The van der Waals surface area contributed by atoms with E-state index in [0.717, 1.165) is 10.0 Å². The smallest absolute Gasteiger partial charge is 0.410 e. The fourth-order valence-corrected chi connectivity index (χ4v) is 1.50. The van der Waals surface area contributed by atoms with Gasteiger partial charge in [0.2, 0.25) is 0 Å². The van der Waals surface area contributed by atoms with Crippen LogP contribution in [0.4, 0.5) is 4.79 Å². The van der Waals surface area contributed by atoms with Crippen molar-refractivity contribution in [2.75, 3.05) is 13.6 Å². The van der Waals surface area contributed by atoms with Crippen LogP contribution in [0.2, 0.25) is 0 Å². The van der Waals surface area contributed by atoms with E-state index in [1.54, 1.807) is 0 Å². The number of nitriles is 1. The molecule has 0 heterocycles. The first-order valence-electron chi connectivity index (χ1n) is 4.63. The maximum absolute atomic E-state index is 11.3. The summed E-state index contributed by atoms with van der Waals surface area (Å²) in [5.41, 5.74) is 0.896. The second-order valence-corrected chi connectivity index (χ2v) is 4.11. The Morgan fingerprint density at radius 3 is 3.00 bits per heavy atom. The number of carbonyl (C=O) groups excluding carboxylic acids is 1. The third-order valence-electron chi connectivity index (χ3n) is 1.87. The molecule has 1 amide bonds. The first-order chi connectivity index (χ1) is 7.63. The van der Waals surface area contributed by atoms with Crippen LogP contribution >= 0.6 is 15.9 Å². The van der Waals surface area contributed by atoms with Crippen molar-refractivity contribution in [1.82, 2.24) is 4.90 Å². The molecule has 0 saturated heterocycles. The number of halogens is 1. The number of amides is 1. The molecule has 0 atom stereocenters. The summed E-state index contributed by atoms with van der Waals surface area (Å²) in [5.74, 6) is 0. The molecule has 1 aromatic rings. The molecule has 84 valence electrons. The number of hydrogen-bond donors (Lipinski definition) is 0. The van der Waals surface area contributed by atoms with Gasteiger partial charge in [-0.15, -0.1) is 0 Å². The summed E-state index contributed by atoms with van der Waals surface area (Å²) in [6, 6.07) is 9.37. The molecule has 0 saturated carbocycles. The number of nitrogens with zero attached hydrogens (tertiary/aromatic N) is 2. The lowest BCUT2D eigenvalue weighted by molar-refractivity contribution is 0.108. The highest BCUT2D eigenvalue weighted by Crippen LogP contribution is 2.12. The standard InChI is InChI=1S/C11H11BrN2O2/c1-14(6-5-13)11(15)16-8-9-3-2-4-10(12)7-9/h2-4,7H,6,8H2,1H3. The lowest BCUT2D eigenvalue weighted by Crippen LogP contribution is -2.27. The maximum atomic E-state index is 11.3. The molecule has 0 unspecified atom stereocenters. The van der Waals surface area contributed by atoms with Gasteiger partial charge in [0.25, 0.3) is 0 Å². The molecule has 4 nitrogen and oxygen atoms in total. The van der Waals surface area contributed by atoms with Gasteiger partial charge in [-0.1, -0.05) is 28.1 Å². The molecule has 0 N–H and O–H groups in total. The van der Waals surface area contributed by atoms with E-state index < -0.39 is 6.09 Å². The minimum Gasteiger partial charge on any atom is -0.445 e. The van der Waals surface area contributed by atoms with E-state index in [1.165, 1.54) is 11.9 Å². The van der Waals surface area contributed by atoms with Crippen LogP contribution in [0.25, 0.3) is 0 Å². The van der Waals surface area contributed by atoms with Gasteiger partial charge in [0, 0.05) is 11.5 Å². The second kappa shape index (κ2) is 6.13. The van der Waals surface area contributed by atoms with Crippen molar-refractivity contribution >= 4 is 22.0 Å². The fourth-order valence-electron chi connectivity index (χ4n) is 1.05. The summed E-state index contributed by atoms with van der Waals surface area (Å²) in [7, 11) is 1.52. The van der Waals surface area contributed by atoms with Crippen molar-refractivity contribution in [2.24, 2.45) is 0 Å². The summed E-state index contributed by atoms with van der Waals surface area (Å²) >= 11 is 3.33. The third-order valence-corrected chi connectivity index (χ3v) is 2.36. The minimum absolute atomic E-state index is 0.0251. The fraction of sp³-hybridized carbons (Fsp3) is 0.273. The highest BCUT2D eigenvalue weighted by molar-refractivity contribution is 9.10. The molecule has 0 fully saturated rings. The van der Waals surface area contributed by atoms with Crippen LogP contribution in [0.3, 0.4) is 0 Å². The SMILES string of the molecule is CN(CC#N)C(=O)OCc1cccc(Br)c1. The van der Waals surface area contributed by atoms with Crippen molar-refractivity contribution in [2.45, 2.75) is 6.61 Å². The van der Waals surface area contributed by atoms with Gasteiger partial charge in [-0.2, -0.15) is 5.26 Å². The Morgan fingerprint density at radius 2 is 2.38 bits per heavy atom. The Kier molecular flexibility index (Phi) is 4.80. The molecule has 1 rings (SSSR count). The minimum atomic E-state index is -0.499. The predicted octanol–water partition coefficient (Wildman–Crippen LogP) is 2.54. The van der Waals surface area contributed by atoms with E-state index in [2.05, 4.69) is 15.9 Å². The van der Waals surface area contributed by atoms with E-state index in [4.69, 9.17) is 10.00 Å². The topological polar surface area (TPSA) is 53.3 Å². The molecule has 1 aromatic carbocycles. The molecule has 0 aliphatic heterocycles. The highest BCUT2D eigenvalue weighted by Gasteiger charge is 2.08. The number of rotatable bonds is 3. The van der Waals surface area contributed by atoms with E-state index in [0.29, 0.717) is 0 Å². The van der Waals surface area contributed by atoms with Crippen LogP contribution < -0.4 is 0 Å². The lowest BCUT2D eigenvalue weighted by atomic mass is 10.2. The highest BCUT2D eigenvalue weighted by atomic mass is 79.9. The van der Waals surface area contributed by atoms with Crippen molar-refractivity contribution < 1.29 is 9.53 Å². The summed E-state index contributed by atoms with van der Waals surface area (Å²) in [6.45, 7) is 0.228. The van der Waals surface area contributed by atoms with Crippen molar-refractivity contribution in [3.63, 3.8) is 0 Å². The average molecular weight is 283 g/mol. The van der Waals surface area contributed by atoms with Gasteiger partial charge in [-0.3, -0.25) is 4.90 Å². The quantitative estimate of drug-likeness (QED) is 0.801. The van der Waals surface area contributed by atoms with Gasteiger partial charge in [0.1, 0.15) is 13.2 Å². The van der Waals surface area contributed by atoms with Gasteiger partial charge >= 0.3 is 6.09 Å². The maximum Gasteiger partial charge on any atom is 0.410 e. The van der Waals surface area contributed by atoms with Crippen LogP contribution in [-0.4, -0.2) is 24.6 Å². The van der Waals surface area contributed by atoms with Gasteiger partial charge in [-0.25, -0.2) is 4.79 Å². The first kappa shape index (κ1) is 12.5. The summed E-state index contributed by atoms with van der Waals surface area (Å²) in [4.78, 5) is 12.6. The largest absolute Gasteiger partial charge is 0.445 e. The van der Waals surface area contributed by atoms with Gasteiger partial charge in [0.15, 0.2) is 0 Å². The van der Waals surface area contributed by atoms with Crippen LogP contribution in [0.1, 0.15) is 5.56 Å². The number of benzene rings is 1. The molecule has 0 aliphatic carbocycles. The Bertz CT molecular complexity index is 415. The first-order valence-corrected chi connectivity index (χ1v) is 5.42. The molecule has 5 heteroatoms. The molecule has 0 bridgehead atoms. The summed E-state index contributed by atoms with van der Waals surface area (Å²) in [5, 5.41) is 8.40. The van der Waals surface area contributed by atoms with Crippen LogP contribution in [0.5, 0.6) is 0 Å². The Morgan fingerprint density at radius 1 is 1.62 bits per heavy atom. The van der Waals surface area contributed by atoms with Crippen molar-refractivity contribution in [3.8, 4) is 6.07 Å². The molecule has 16 heavy (non-hydrogen) atoms. The van der Waals surface area contributed by atoms with E-state index >= 15 is 0 Å². The third kappa shape index (κ3) is 3.91. The van der Waals surface area contributed by atoms with E-state index in [1.807, 2.05) is 30.3 Å². The molecular weight excluding hydrogens is 272 g/mol. The summed E-state index contributed by atoms with van der Waals surface area (Å²) in [6.07, 6.45) is -0.499. The molecule has 0 aromatic heterocycles. The Hall–Kier alpha value is -1.54. The van der Waals surface area contributed by atoms with Crippen LogP contribution in [-0.2, 0) is 11.3 Å². The predicted molar refractivity (Wildman–Crippen MR) is 62.6 cm³/mol. The molecular formula is C11H11BrN2O2. The Labute approximate surface area is 103 Å². The van der Waals surface area contributed by atoms with Gasteiger partial charge in [0.05, 0.1) is 6.07 Å². The molecule has 0 radical (unpaired) electrons. The van der Waals surface area contributed by atoms with Gasteiger partial charge < -0.3 is 4.74 Å².